The highest BCUT2D eigenvalue weighted by atomic mass is 15.0. The molecule has 1 aliphatic heterocycles. The number of rotatable bonds is 1. The molecule has 0 atom stereocenters. The Morgan fingerprint density at radius 2 is 1.80 bits per heavy atom. The molecule has 1 aromatic carbocycles. The minimum absolute atomic E-state index is 0.748. The summed E-state index contributed by atoms with van der Waals surface area (Å²) in [4.78, 5) is 3.03. The summed E-state index contributed by atoms with van der Waals surface area (Å²) in [5.41, 5.74) is 10.1. The summed E-state index contributed by atoms with van der Waals surface area (Å²) in [7, 11) is 0. The summed E-state index contributed by atoms with van der Waals surface area (Å²) >= 11 is 0. The molecule has 0 bridgehead atoms. The van der Waals surface area contributed by atoms with Crippen LogP contribution in [0, 0.1) is 5.53 Å². The van der Waals surface area contributed by atoms with Gasteiger partial charge in [-0.1, -0.05) is 24.3 Å². The second-order valence-corrected chi connectivity index (χ2v) is 3.48. The van der Waals surface area contributed by atoms with Crippen molar-refractivity contribution in [3.63, 3.8) is 0 Å². The van der Waals surface area contributed by atoms with E-state index >= 15 is 0 Å². The molecule has 0 amide bonds. The normalized spacial score (nSPS) is 10.9. The lowest BCUT2D eigenvalue weighted by Gasteiger charge is -1.97. The summed E-state index contributed by atoms with van der Waals surface area (Å²) in [6.07, 6.45) is 3.78. The average Bonchev–Trinajstić information content (AvgIpc) is 2.63. The highest BCUT2D eigenvalue weighted by Gasteiger charge is 2.15. The average molecular weight is 195 g/mol. The van der Waals surface area contributed by atoms with Gasteiger partial charge in [0.05, 0.1) is 0 Å². The molecule has 72 valence electrons. The molecule has 15 heavy (non-hydrogen) atoms. The van der Waals surface area contributed by atoms with Gasteiger partial charge in [0.15, 0.2) is 0 Å². The van der Waals surface area contributed by atoms with Crippen molar-refractivity contribution in [2.75, 3.05) is 0 Å². The van der Waals surface area contributed by atoms with E-state index in [1.54, 1.807) is 0 Å². The van der Waals surface area contributed by atoms with Crippen molar-refractivity contribution in [3.8, 4) is 11.1 Å². The fourth-order valence-electron chi connectivity index (χ4n) is 2.05. The summed E-state index contributed by atoms with van der Waals surface area (Å²) in [5, 5.41) is 5.82. The Balaban J connectivity index is 2.60. The molecule has 2 aliphatic rings. The summed E-state index contributed by atoms with van der Waals surface area (Å²) in [6.45, 7) is 0. The third-order valence-corrected chi connectivity index (χ3v) is 2.70. The Labute approximate surface area is 86.6 Å². The van der Waals surface area contributed by atoms with Crippen LogP contribution >= 0.6 is 0 Å². The maximum atomic E-state index is 7.24. The number of hydrogen-bond acceptors (Lipinski definition) is 2. The standard InChI is InChI=1S/C12H9N3/c13-15-12-10-4-2-1-3-8(10)9-5-6-14-7-11(9)12/h1-7,13-14H. The number of hydrogen-bond donors (Lipinski definition) is 2. The third kappa shape index (κ3) is 1.00. The highest BCUT2D eigenvalue weighted by Crippen LogP contribution is 2.43. The third-order valence-electron chi connectivity index (χ3n) is 2.70. The predicted molar refractivity (Wildman–Crippen MR) is 59.7 cm³/mol. The van der Waals surface area contributed by atoms with Crippen LogP contribution in [0.15, 0.2) is 47.8 Å². The van der Waals surface area contributed by atoms with Gasteiger partial charge < -0.3 is 4.98 Å². The van der Waals surface area contributed by atoms with Crippen LogP contribution in [0.4, 0.5) is 5.69 Å². The van der Waals surface area contributed by atoms with E-state index in [0.717, 1.165) is 27.6 Å². The molecule has 0 spiro atoms. The monoisotopic (exact) mass is 195 g/mol. The quantitative estimate of drug-likeness (QED) is 0.553. The number of aromatic nitrogens is 1. The molecule has 0 fully saturated rings. The van der Waals surface area contributed by atoms with Crippen LogP contribution in [0.3, 0.4) is 0 Å². The van der Waals surface area contributed by atoms with E-state index in [-0.39, 0.29) is 0 Å². The van der Waals surface area contributed by atoms with E-state index in [1.807, 2.05) is 36.7 Å². The van der Waals surface area contributed by atoms with E-state index in [2.05, 4.69) is 16.2 Å². The van der Waals surface area contributed by atoms with E-state index in [4.69, 9.17) is 5.53 Å². The van der Waals surface area contributed by atoms with E-state index in [9.17, 15) is 0 Å². The Morgan fingerprint density at radius 1 is 1.00 bits per heavy atom. The first-order valence-corrected chi connectivity index (χ1v) is 4.76. The largest absolute Gasteiger partial charge is 0.367 e. The molecule has 1 aromatic rings. The number of nitrogens with zero attached hydrogens (tertiary/aromatic N) is 1. The van der Waals surface area contributed by atoms with Gasteiger partial charge in [0.2, 0.25) is 0 Å². The van der Waals surface area contributed by atoms with Gasteiger partial charge in [-0.2, -0.15) is 5.11 Å². The van der Waals surface area contributed by atoms with Gasteiger partial charge in [-0.3, -0.25) is 0 Å². The Morgan fingerprint density at radius 3 is 2.60 bits per heavy atom. The number of nitrogens with one attached hydrogen (secondary N) is 2. The van der Waals surface area contributed by atoms with Crippen LogP contribution in [0.25, 0.3) is 21.9 Å². The SMILES string of the molecule is N=Nc1c2c[nH]ccc-2c2ccccc12. The number of H-pyrrole nitrogens is 1. The number of benzene rings is 1. The van der Waals surface area contributed by atoms with Gasteiger partial charge >= 0.3 is 0 Å². The lowest BCUT2D eigenvalue weighted by molar-refractivity contribution is 1.16. The molecule has 0 unspecified atom stereocenters. The van der Waals surface area contributed by atoms with Crippen molar-refractivity contribution in [2.24, 2.45) is 5.11 Å². The zero-order valence-corrected chi connectivity index (χ0v) is 7.99. The molecule has 3 heteroatoms. The molecule has 3 nitrogen and oxygen atoms in total. The van der Waals surface area contributed by atoms with E-state index < -0.39 is 0 Å². The Bertz CT molecular complexity index is 609. The first-order valence-electron chi connectivity index (χ1n) is 4.76. The molecule has 3 rings (SSSR count). The van der Waals surface area contributed by atoms with Gasteiger partial charge in [-0.25, -0.2) is 5.53 Å². The van der Waals surface area contributed by atoms with Crippen molar-refractivity contribution < 1.29 is 0 Å². The van der Waals surface area contributed by atoms with Crippen LogP contribution in [0.5, 0.6) is 0 Å². The Kier molecular flexibility index (Phi) is 1.59. The van der Waals surface area contributed by atoms with Crippen molar-refractivity contribution in [1.29, 1.82) is 5.53 Å². The molecular weight excluding hydrogens is 186 g/mol. The maximum absolute atomic E-state index is 7.24. The first-order chi connectivity index (χ1) is 7.42. The van der Waals surface area contributed by atoms with Gasteiger partial charge in [0.1, 0.15) is 5.69 Å². The highest BCUT2D eigenvalue weighted by molar-refractivity contribution is 6.11. The second-order valence-electron chi connectivity index (χ2n) is 3.48. The summed E-state index contributed by atoms with van der Waals surface area (Å²) in [6, 6.07) is 10.1. The summed E-state index contributed by atoms with van der Waals surface area (Å²) in [5.74, 6) is 0. The van der Waals surface area contributed by atoms with Crippen molar-refractivity contribution >= 4 is 16.5 Å². The predicted octanol–water partition coefficient (Wildman–Crippen LogP) is 3.94. The van der Waals surface area contributed by atoms with Gasteiger partial charge in [-0.05, 0) is 17.0 Å². The van der Waals surface area contributed by atoms with Crippen molar-refractivity contribution in [1.82, 2.24) is 4.98 Å². The number of aromatic amines is 1. The molecule has 0 radical (unpaired) electrons. The van der Waals surface area contributed by atoms with E-state index in [1.165, 1.54) is 0 Å². The zero-order valence-electron chi connectivity index (χ0n) is 7.99. The number of pyridine rings is 1. The molecule has 2 N–H and O–H groups in total. The van der Waals surface area contributed by atoms with Gasteiger partial charge in [0.25, 0.3) is 0 Å². The zero-order chi connectivity index (χ0) is 10.3. The van der Waals surface area contributed by atoms with Crippen molar-refractivity contribution in [3.05, 3.63) is 42.7 Å². The molecular formula is C12H9N3. The fourth-order valence-corrected chi connectivity index (χ4v) is 2.05. The molecule has 1 aliphatic carbocycles. The minimum atomic E-state index is 0.748. The van der Waals surface area contributed by atoms with Crippen LogP contribution in [0.1, 0.15) is 0 Å². The second kappa shape index (κ2) is 2.92. The topological polar surface area (TPSA) is 52.0 Å². The van der Waals surface area contributed by atoms with Crippen LogP contribution in [0.2, 0.25) is 0 Å². The van der Waals surface area contributed by atoms with Crippen LogP contribution in [-0.4, -0.2) is 4.98 Å². The minimum Gasteiger partial charge on any atom is -0.367 e. The molecule has 0 saturated heterocycles. The van der Waals surface area contributed by atoms with E-state index in [0.29, 0.717) is 0 Å². The van der Waals surface area contributed by atoms with Gasteiger partial charge in [-0.15, -0.1) is 0 Å². The van der Waals surface area contributed by atoms with Crippen LogP contribution in [-0.2, 0) is 0 Å². The lowest BCUT2D eigenvalue weighted by Crippen LogP contribution is -1.75. The smallest absolute Gasteiger partial charge is 0.102 e. The molecule has 0 aromatic heterocycles. The van der Waals surface area contributed by atoms with Gasteiger partial charge in [0, 0.05) is 23.3 Å². The fraction of sp³-hybridized carbons (Fsp3) is 0. The Hall–Kier alpha value is -2.16. The lowest BCUT2D eigenvalue weighted by atomic mass is 10.1. The molecule has 1 heterocycles. The number of fused-ring (bicyclic) bond motifs is 3. The van der Waals surface area contributed by atoms with Crippen molar-refractivity contribution in [2.45, 2.75) is 0 Å². The van der Waals surface area contributed by atoms with Crippen LogP contribution < -0.4 is 0 Å². The summed E-state index contributed by atoms with van der Waals surface area (Å²) < 4.78 is 0. The first kappa shape index (κ1) is 8.17. The molecule has 0 saturated carbocycles. The maximum Gasteiger partial charge on any atom is 0.102 e.